The summed E-state index contributed by atoms with van der Waals surface area (Å²) < 4.78 is 11.4. The van der Waals surface area contributed by atoms with E-state index in [0.717, 1.165) is 51.1 Å². The van der Waals surface area contributed by atoms with Crippen LogP contribution in [0, 0.1) is 0 Å². The molecule has 3 rings (SSSR count). The molecular weight excluding hydrogens is 306 g/mol. The van der Waals surface area contributed by atoms with Crippen molar-refractivity contribution in [3.8, 4) is 0 Å². The van der Waals surface area contributed by atoms with Crippen LogP contribution in [0.4, 0.5) is 5.82 Å². The van der Waals surface area contributed by atoms with Crippen molar-refractivity contribution in [3.05, 3.63) is 24.4 Å². The molecule has 2 fully saturated rings. The highest BCUT2D eigenvalue weighted by Crippen LogP contribution is 2.36. The zero-order valence-corrected chi connectivity index (χ0v) is 14.4. The van der Waals surface area contributed by atoms with Gasteiger partial charge in [0.1, 0.15) is 5.82 Å². The van der Waals surface area contributed by atoms with Gasteiger partial charge in [0.15, 0.2) is 0 Å². The molecule has 24 heavy (non-hydrogen) atoms. The Kier molecular flexibility index (Phi) is 5.68. The number of rotatable bonds is 6. The number of nitrogens with zero attached hydrogens (tertiary/aromatic N) is 2. The Morgan fingerprint density at radius 2 is 2.42 bits per heavy atom. The first-order chi connectivity index (χ1) is 11.7. The first-order valence-corrected chi connectivity index (χ1v) is 8.80. The lowest BCUT2D eigenvalue weighted by Crippen LogP contribution is -2.45. The minimum absolute atomic E-state index is 0.155. The third-order valence-corrected chi connectivity index (χ3v) is 4.94. The van der Waals surface area contributed by atoms with Gasteiger partial charge >= 0.3 is 0 Å². The summed E-state index contributed by atoms with van der Waals surface area (Å²) in [7, 11) is 1.63. The van der Waals surface area contributed by atoms with Gasteiger partial charge in [-0.1, -0.05) is 6.07 Å². The van der Waals surface area contributed by atoms with Crippen molar-refractivity contribution in [1.29, 1.82) is 0 Å². The Hall–Kier alpha value is -1.66. The van der Waals surface area contributed by atoms with E-state index in [1.807, 2.05) is 23.1 Å². The number of carbonyl (C=O) groups is 1. The third-order valence-electron chi connectivity index (χ3n) is 4.94. The van der Waals surface area contributed by atoms with E-state index in [1.165, 1.54) is 0 Å². The van der Waals surface area contributed by atoms with Crippen molar-refractivity contribution < 1.29 is 14.3 Å². The highest BCUT2D eigenvalue weighted by molar-refractivity contribution is 5.76. The molecule has 0 unspecified atom stereocenters. The van der Waals surface area contributed by atoms with E-state index in [2.05, 4.69) is 10.3 Å². The third kappa shape index (κ3) is 4.24. The second-order valence-electron chi connectivity index (χ2n) is 6.72. The largest absolute Gasteiger partial charge is 0.384 e. The predicted molar refractivity (Wildman–Crippen MR) is 91.9 cm³/mol. The van der Waals surface area contributed by atoms with Crippen molar-refractivity contribution in [3.63, 3.8) is 0 Å². The molecule has 1 spiro atoms. The van der Waals surface area contributed by atoms with Crippen LogP contribution in [0.1, 0.15) is 32.1 Å². The number of nitrogens with one attached hydrogen (secondary N) is 1. The molecule has 1 amide bonds. The number of amides is 1. The summed E-state index contributed by atoms with van der Waals surface area (Å²) in [5, 5.41) is 3.35. The summed E-state index contributed by atoms with van der Waals surface area (Å²) in [4.78, 5) is 18.4. The van der Waals surface area contributed by atoms with Crippen molar-refractivity contribution in [2.24, 2.45) is 0 Å². The Bertz CT molecular complexity index is 540. The molecule has 132 valence electrons. The van der Waals surface area contributed by atoms with Crippen LogP contribution in [-0.4, -0.2) is 60.8 Å². The highest BCUT2D eigenvalue weighted by atomic mass is 16.5. The lowest BCUT2D eigenvalue weighted by atomic mass is 9.90. The number of ether oxygens (including phenoxy) is 2. The summed E-state index contributed by atoms with van der Waals surface area (Å²) in [6.45, 7) is 2.76. The van der Waals surface area contributed by atoms with Gasteiger partial charge in [0.2, 0.25) is 5.91 Å². The first-order valence-electron chi connectivity index (χ1n) is 8.80. The molecule has 0 aliphatic carbocycles. The number of methoxy groups -OCH3 is 1. The summed E-state index contributed by atoms with van der Waals surface area (Å²) >= 11 is 0. The molecule has 2 aliphatic rings. The number of aromatic nitrogens is 1. The Balaban J connectivity index is 1.51. The molecule has 1 N–H and O–H groups in total. The maximum Gasteiger partial charge on any atom is 0.224 e. The summed E-state index contributed by atoms with van der Waals surface area (Å²) in [6.07, 6.45) is 6.60. The lowest BCUT2D eigenvalue weighted by molar-refractivity contribution is -0.137. The van der Waals surface area contributed by atoms with Gasteiger partial charge in [0.25, 0.3) is 0 Å². The van der Waals surface area contributed by atoms with Gasteiger partial charge in [0, 0.05) is 32.9 Å². The van der Waals surface area contributed by atoms with E-state index in [0.29, 0.717) is 13.0 Å². The predicted octanol–water partition coefficient (Wildman–Crippen LogP) is 2.07. The van der Waals surface area contributed by atoms with Crippen LogP contribution in [0.2, 0.25) is 0 Å². The molecule has 6 heteroatoms. The van der Waals surface area contributed by atoms with Crippen LogP contribution in [0.5, 0.6) is 0 Å². The number of pyridine rings is 1. The number of hydrogen-bond donors (Lipinski definition) is 1. The zero-order chi connectivity index (χ0) is 16.8. The average Bonchev–Trinajstić information content (AvgIpc) is 3.02. The summed E-state index contributed by atoms with van der Waals surface area (Å²) in [5.74, 6) is 1.05. The van der Waals surface area contributed by atoms with Crippen molar-refractivity contribution in [2.75, 3.05) is 38.7 Å². The van der Waals surface area contributed by atoms with Crippen molar-refractivity contribution >= 4 is 11.7 Å². The van der Waals surface area contributed by atoms with E-state index in [-0.39, 0.29) is 17.6 Å². The van der Waals surface area contributed by atoms with Gasteiger partial charge in [-0.25, -0.2) is 4.98 Å². The van der Waals surface area contributed by atoms with Crippen LogP contribution in [0.3, 0.4) is 0 Å². The molecule has 1 aromatic heterocycles. The minimum atomic E-state index is -0.155. The quantitative estimate of drug-likeness (QED) is 0.863. The van der Waals surface area contributed by atoms with E-state index in [1.54, 1.807) is 13.3 Å². The van der Waals surface area contributed by atoms with Crippen molar-refractivity contribution in [2.45, 2.75) is 43.8 Å². The van der Waals surface area contributed by atoms with Crippen LogP contribution < -0.4 is 5.32 Å². The van der Waals surface area contributed by atoms with Crippen LogP contribution in [-0.2, 0) is 14.3 Å². The number of likely N-dealkylation sites (tertiary alicyclic amines) is 1. The minimum Gasteiger partial charge on any atom is -0.384 e. The maximum absolute atomic E-state index is 12.2. The molecule has 0 bridgehead atoms. The normalized spacial score (nSPS) is 26.7. The van der Waals surface area contributed by atoms with Crippen LogP contribution in [0.25, 0.3) is 0 Å². The molecule has 2 aliphatic heterocycles. The SMILES string of the molecule is COCCC(=O)N1CC[C@@]2(CCC[C@H](CNc3ccccn3)O2)C1. The molecule has 0 radical (unpaired) electrons. The van der Waals surface area contributed by atoms with Crippen molar-refractivity contribution in [1.82, 2.24) is 9.88 Å². The molecule has 2 saturated heterocycles. The second-order valence-corrected chi connectivity index (χ2v) is 6.72. The summed E-state index contributed by atoms with van der Waals surface area (Å²) in [6, 6.07) is 5.84. The van der Waals surface area contributed by atoms with E-state index in [9.17, 15) is 4.79 Å². The van der Waals surface area contributed by atoms with Crippen LogP contribution in [0.15, 0.2) is 24.4 Å². The monoisotopic (exact) mass is 333 g/mol. The van der Waals surface area contributed by atoms with Gasteiger partial charge in [-0.2, -0.15) is 0 Å². The highest BCUT2D eigenvalue weighted by Gasteiger charge is 2.44. The van der Waals surface area contributed by atoms with Crippen LogP contribution >= 0.6 is 0 Å². The molecule has 0 saturated carbocycles. The Morgan fingerprint density at radius 3 is 3.21 bits per heavy atom. The van der Waals surface area contributed by atoms with Gasteiger partial charge in [-0.05, 0) is 37.8 Å². The van der Waals surface area contributed by atoms with Gasteiger partial charge in [-0.15, -0.1) is 0 Å². The molecule has 6 nitrogen and oxygen atoms in total. The molecule has 1 aromatic rings. The van der Waals surface area contributed by atoms with Gasteiger partial charge in [0.05, 0.1) is 24.7 Å². The van der Waals surface area contributed by atoms with E-state index in [4.69, 9.17) is 9.47 Å². The Morgan fingerprint density at radius 1 is 1.50 bits per heavy atom. The fourth-order valence-electron chi connectivity index (χ4n) is 3.66. The smallest absolute Gasteiger partial charge is 0.224 e. The second kappa shape index (κ2) is 7.94. The molecule has 2 atom stereocenters. The fraction of sp³-hybridized carbons (Fsp3) is 0.667. The van der Waals surface area contributed by atoms with E-state index < -0.39 is 0 Å². The number of carbonyl (C=O) groups excluding carboxylic acids is 1. The fourth-order valence-corrected chi connectivity index (χ4v) is 3.66. The molecular formula is C18H27N3O3. The first kappa shape index (κ1) is 17.2. The Labute approximate surface area is 143 Å². The standard InChI is InChI=1S/C18H27N3O3/c1-23-12-7-17(22)21-11-9-18(14-21)8-4-5-15(24-18)13-20-16-6-2-3-10-19-16/h2-3,6,10,15H,4-5,7-9,11-14H2,1H3,(H,19,20)/t15-,18+/m1/s1. The number of hydrogen-bond acceptors (Lipinski definition) is 5. The van der Waals surface area contributed by atoms with Gasteiger partial charge < -0.3 is 19.7 Å². The van der Waals surface area contributed by atoms with Gasteiger partial charge in [-0.3, -0.25) is 4.79 Å². The topological polar surface area (TPSA) is 63.7 Å². The number of anilines is 1. The molecule has 0 aromatic carbocycles. The maximum atomic E-state index is 12.2. The zero-order valence-electron chi connectivity index (χ0n) is 14.4. The molecule has 3 heterocycles. The average molecular weight is 333 g/mol. The summed E-state index contributed by atoms with van der Waals surface area (Å²) in [5.41, 5.74) is -0.155. The van der Waals surface area contributed by atoms with E-state index >= 15 is 0 Å². The lowest BCUT2D eigenvalue weighted by Gasteiger charge is -2.38.